The molecule has 1 amide bonds. The van der Waals surface area contributed by atoms with Gasteiger partial charge in [0, 0.05) is 29.5 Å². The third-order valence-corrected chi connectivity index (χ3v) is 6.50. The lowest BCUT2D eigenvalue weighted by Gasteiger charge is -2.15. The van der Waals surface area contributed by atoms with Crippen molar-refractivity contribution < 1.29 is 36.2 Å². The van der Waals surface area contributed by atoms with Crippen LogP contribution in [0, 0.1) is 0 Å². The molecule has 10 nitrogen and oxygen atoms in total. The van der Waals surface area contributed by atoms with Gasteiger partial charge in [-0.25, -0.2) is 19.1 Å². The van der Waals surface area contributed by atoms with E-state index in [1.54, 1.807) is 0 Å². The summed E-state index contributed by atoms with van der Waals surface area (Å²) in [5.41, 5.74) is -0.785. The first kappa shape index (κ1) is 29.6. The van der Waals surface area contributed by atoms with Gasteiger partial charge < -0.3 is 10.4 Å². The number of aliphatic hydroxyl groups excluding tert-OH is 1. The lowest BCUT2D eigenvalue weighted by atomic mass is 10.1. The molecule has 4 rings (SSSR count). The minimum absolute atomic E-state index is 0.0848. The minimum atomic E-state index is -5.01. The second-order valence-corrected chi connectivity index (χ2v) is 9.75. The molecular weight excluding hydrogens is 572 g/mol. The number of amides is 1. The van der Waals surface area contributed by atoms with Gasteiger partial charge in [-0.1, -0.05) is 11.6 Å². The van der Waals surface area contributed by atoms with Crippen molar-refractivity contribution in [1.29, 1.82) is 0 Å². The number of nitrogens with zero attached hydrogens (tertiary/aromatic N) is 6. The van der Waals surface area contributed by atoms with Crippen molar-refractivity contribution in [3.05, 3.63) is 51.4 Å². The van der Waals surface area contributed by atoms with E-state index in [4.69, 9.17) is 11.6 Å². The van der Waals surface area contributed by atoms with E-state index >= 15 is 0 Å². The highest BCUT2D eigenvalue weighted by molar-refractivity contribution is 6.30. The molecule has 2 aromatic heterocycles. The Bertz CT molecular complexity index is 1400. The van der Waals surface area contributed by atoms with E-state index in [1.807, 2.05) is 0 Å². The standard InChI is InChI=1S/C23H24ClF6N7O3/c24-14-3-1-13(2-4-14)20-34-37(21(40)35(20)11-16(38)23(28,29)30)12-17-32-18(7-5-15-6-8-19(39)31-15)36(33-17)10-9-22(25,26)27/h1-4,15-16,38H,5-12H2,(H,31,39)/t15-,16-/m0/s1. The van der Waals surface area contributed by atoms with E-state index in [2.05, 4.69) is 20.5 Å². The Morgan fingerprint density at radius 1 is 1.07 bits per heavy atom. The SMILES string of the molecule is O=C1CC[C@H](CCc2nc(Cn3nc(-c4ccc(Cl)cc4)n(C[C@H](O)C(F)(F)F)c3=O)nn2CCC(F)(F)F)N1. The van der Waals surface area contributed by atoms with Gasteiger partial charge in [-0.05, 0) is 37.1 Å². The summed E-state index contributed by atoms with van der Waals surface area (Å²) in [5, 5.41) is 20.9. The fourth-order valence-corrected chi connectivity index (χ4v) is 4.34. The molecule has 218 valence electrons. The van der Waals surface area contributed by atoms with Gasteiger partial charge >= 0.3 is 18.0 Å². The van der Waals surface area contributed by atoms with Gasteiger partial charge in [0.2, 0.25) is 5.91 Å². The maximum absolute atomic E-state index is 13.1. The van der Waals surface area contributed by atoms with Crippen LogP contribution in [-0.4, -0.2) is 64.6 Å². The highest BCUT2D eigenvalue weighted by atomic mass is 35.5. The summed E-state index contributed by atoms with van der Waals surface area (Å²) >= 11 is 5.88. The average Bonchev–Trinajstić information content (AvgIpc) is 3.54. The molecule has 0 saturated carbocycles. The van der Waals surface area contributed by atoms with Crippen molar-refractivity contribution in [3.8, 4) is 11.4 Å². The topological polar surface area (TPSA) is 120 Å². The van der Waals surface area contributed by atoms with Gasteiger partial charge in [0.05, 0.1) is 19.5 Å². The van der Waals surface area contributed by atoms with Crippen molar-refractivity contribution in [2.24, 2.45) is 0 Å². The minimum Gasteiger partial charge on any atom is -0.382 e. The predicted octanol–water partition coefficient (Wildman–Crippen LogP) is 3.09. The Morgan fingerprint density at radius 2 is 1.77 bits per heavy atom. The van der Waals surface area contributed by atoms with Crippen LogP contribution in [0.15, 0.2) is 29.1 Å². The molecule has 17 heteroatoms. The number of alkyl halides is 6. The number of carbonyl (C=O) groups is 1. The predicted molar refractivity (Wildman–Crippen MR) is 128 cm³/mol. The van der Waals surface area contributed by atoms with Crippen LogP contribution in [0.3, 0.4) is 0 Å². The molecule has 1 saturated heterocycles. The van der Waals surface area contributed by atoms with Gasteiger partial charge in [-0.2, -0.15) is 31.4 Å². The van der Waals surface area contributed by atoms with Crippen LogP contribution in [0.25, 0.3) is 11.4 Å². The monoisotopic (exact) mass is 595 g/mol. The normalized spacial score (nSPS) is 16.9. The maximum atomic E-state index is 13.1. The number of benzene rings is 1. The van der Waals surface area contributed by atoms with Gasteiger partial charge in [-0.3, -0.25) is 9.36 Å². The molecule has 0 unspecified atom stereocenters. The fraction of sp³-hybridized carbons (Fsp3) is 0.522. The zero-order valence-electron chi connectivity index (χ0n) is 20.7. The van der Waals surface area contributed by atoms with Crippen molar-refractivity contribution in [2.75, 3.05) is 0 Å². The molecule has 3 heterocycles. The Morgan fingerprint density at radius 3 is 2.38 bits per heavy atom. The largest absolute Gasteiger partial charge is 0.416 e. The van der Waals surface area contributed by atoms with E-state index in [0.717, 1.165) is 9.36 Å². The Hall–Kier alpha value is -3.40. The van der Waals surface area contributed by atoms with Crippen LogP contribution < -0.4 is 11.0 Å². The summed E-state index contributed by atoms with van der Waals surface area (Å²) in [4.78, 5) is 28.8. The number of aryl methyl sites for hydroxylation is 2. The maximum Gasteiger partial charge on any atom is 0.416 e. The van der Waals surface area contributed by atoms with E-state index in [1.165, 1.54) is 24.3 Å². The molecule has 1 fully saturated rings. The van der Waals surface area contributed by atoms with Gasteiger partial charge in [0.1, 0.15) is 12.4 Å². The third-order valence-electron chi connectivity index (χ3n) is 6.25. The first-order valence-electron chi connectivity index (χ1n) is 12.2. The zero-order valence-corrected chi connectivity index (χ0v) is 21.5. The summed E-state index contributed by atoms with van der Waals surface area (Å²) in [6, 6.07) is 5.56. The van der Waals surface area contributed by atoms with Crippen LogP contribution in [0.4, 0.5) is 26.3 Å². The molecule has 1 aromatic carbocycles. The second-order valence-electron chi connectivity index (χ2n) is 9.31. The summed E-state index contributed by atoms with van der Waals surface area (Å²) < 4.78 is 80.4. The molecule has 40 heavy (non-hydrogen) atoms. The molecule has 0 aliphatic carbocycles. The number of rotatable bonds is 10. The molecular formula is C23H24ClF6N7O3. The molecule has 0 radical (unpaired) electrons. The highest BCUT2D eigenvalue weighted by Gasteiger charge is 2.39. The lowest BCUT2D eigenvalue weighted by Crippen LogP contribution is -2.37. The van der Waals surface area contributed by atoms with Crippen LogP contribution >= 0.6 is 11.6 Å². The number of halogens is 7. The quantitative estimate of drug-likeness (QED) is 0.348. The Kier molecular flexibility index (Phi) is 8.58. The molecule has 2 atom stereocenters. The molecule has 2 N–H and O–H groups in total. The van der Waals surface area contributed by atoms with Crippen molar-refractivity contribution >= 4 is 17.5 Å². The molecule has 0 spiro atoms. The number of aromatic nitrogens is 6. The van der Waals surface area contributed by atoms with E-state index < -0.39 is 50.2 Å². The van der Waals surface area contributed by atoms with Crippen LogP contribution in [0.2, 0.25) is 5.02 Å². The third kappa shape index (κ3) is 7.41. The number of nitrogens with one attached hydrogen (secondary N) is 1. The summed E-state index contributed by atoms with van der Waals surface area (Å²) in [6.07, 6.45) is -12.0. The van der Waals surface area contributed by atoms with E-state index in [-0.39, 0.29) is 41.4 Å². The summed E-state index contributed by atoms with van der Waals surface area (Å²) in [5.74, 6) is -0.207. The summed E-state index contributed by atoms with van der Waals surface area (Å²) in [7, 11) is 0. The zero-order chi connectivity index (χ0) is 29.2. The molecule has 3 aromatic rings. The van der Waals surface area contributed by atoms with Crippen LogP contribution in [0.1, 0.15) is 37.3 Å². The first-order valence-corrected chi connectivity index (χ1v) is 12.5. The average molecular weight is 596 g/mol. The van der Waals surface area contributed by atoms with Crippen molar-refractivity contribution in [3.63, 3.8) is 0 Å². The number of carbonyl (C=O) groups excluding carboxylic acids is 1. The first-order chi connectivity index (χ1) is 18.7. The Labute approximate surface area is 227 Å². The van der Waals surface area contributed by atoms with E-state index in [9.17, 15) is 41.0 Å². The summed E-state index contributed by atoms with van der Waals surface area (Å²) in [6.45, 7) is -2.15. The molecule has 1 aliphatic rings. The van der Waals surface area contributed by atoms with Gasteiger partial charge in [-0.15, -0.1) is 5.10 Å². The van der Waals surface area contributed by atoms with Crippen molar-refractivity contribution in [2.45, 2.75) is 76.2 Å². The lowest BCUT2D eigenvalue weighted by molar-refractivity contribution is -0.207. The molecule has 1 aliphatic heterocycles. The van der Waals surface area contributed by atoms with Crippen LogP contribution in [-0.2, 0) is 30.8 Å². The fourth-order valence-electron chi connectivity index (χ4n) is 4.22. The van der Waals surface area contributed by atoms with Crippen LogP contribution in [0.5, 0.6) is 0 Å². The Balaban J connectivity index is 1.64. The van der Waals surface area contributed by atoms with E-state index in [0.29, 0.717) is 28.9 Å². The van der Waals surface area contributed by atoms with Crippen molar-refractivity contribution in [1.82, 2.24) is 34.4 Å². The van der Waals surface area contributed by atoms with Gasteiger partial charge in [0.25, 0.3) is 0 Å². The molecule has 0 bridgehead atoms. The smallest absolute Gasteiger partial charge is 0.382 e. The number of hydrogen-bond donors (Lipinski definition) is 2. The second kappa shape index (κ2) is 11.6. The number of hydrogen-bond acceptors (Lipinski definition) is 6. The number of aliphatic hydroxyl groups is 1. The van der Waals surface area contributed by atoms with Gasteiger partial charge in [0.15, 0.2) is 17.8 Å². The highest BCUT2D eigenvalue weighted by Crippen LogP contribution is 2.25.